The Morgan fingerprint density at radius 1 is 1.14 bits per heavy atom. The van der Waals surface area contributed by atoms with E-state index in [-0.39, 0.29) is 18.2 Å². The number of nitrogens with zero attached hydrogens (tertiary/aromatic N) is 2. The Labute approximate surface area is 175 Å². The monoisotopic (exact) mass is 416 g/mol. The summed E-state index contributed by atoms with van der Waals surface area (Å²) in [6.07, 6.45) is 8.12. The van der Waals surface area contributed by atoms with Crippen LogP contribution in [0.2, 0.25) is 0 Å². The lowest BCUT2D eigenvalue weighted by Gasteiger charge is -2.09. The minimum Gasteiger partial charge on any atom is -0.494 e. The topological polar surface area (TPSA) is 92.2 Å². The quantitative estimate of drug-likeness (QED) is 0.683. The number of hydrogen-bond donors (Lipinski definition) is 2. The first-order valence-corrected chi connectivity index (χ1v) is 11.2. The summed E-state index contributed by atoms with van der Waals surface area (Å²) in [7, 11) is 0. The number of amides is 2. The minimum absolute atomic E-state index is 0.0826. The molecule has 2 amide bonds. The molecule has 1 saturated carbocycles. The van der Waals surface area contributed by atoms with Crippen LogP contribution in [0.25, 0.3) is 0 Å². The van der Waals surface area contributed by atoms with Crippen LogP contribution in [-0.4, -0.2) is 34.6 Å². The summed E-state index contributed by atoms with van der Waals surface area (Å²) in [5.74, 6) is 0.339. The number of ether oxygens (including phenoxy) is 1. The number of carbonyl (C=O) groups excluding carboxylic acids is 2. The molecule has 1 unspecified atom stereocenters. The van der Waals surface area contributed by atoms with Crippen molar-refractivity contribution in [2.24, 2.45) is 10.2 Å². The van der Waals surface area contributed by atoms with E-state index in [1.165, 1.54) is 31.0 Å². The third-order valence-corrected chi connectivity index (χ3v) is 5.88. The lowest BCUT2D eigenvalue weighted by Crippen LogP contribution is -2.28. The molecule has 8 heteroatoms. The summed E-state index contributed by atoms with van der Waals surface area (Å²) in [4.78, 5) is 24.5. The van der Waals surface area contributed by atoms with Crippen LogP contribution >= 0.6 is 11.8 Å². The molecule has 0 aromatic heterocycles. The molecule has 29 heavy (non-hydrogen) atoms. The smallest absolute Gasteiger partial charge is 0.240 e. The third-order valence-electron chi connectivity index (χ3n) is 4.81. The van der Waals surface area contributed by atoms with E-state index in [2.05, 4.69) is 20.8 Å². The summed E-state index contributed by atoms with van der Waals surface area (Å²) < 4.78 is 5.39. The van der Waals surface area contributed by atoms with Crippen molar-refractivity contribution in [3.05, 3.63) is 24.3 Å². The van der Waals surface area contributed by atoms with Gasteiger partial charge in [-0.2, -0.15) is 5.10 Å². The SMILES string of the molecule is CCOc1ccc(NC(=O)CC2SC(=NN=C3CCCCCCC3)NC2=O)cc1. The lowest BCUT2D eigenvalue weighted by molar-refractivity contribution is -0.122. The van der Waals surface area contributed by atoms with Gasteiger partial charge in [-0.15, -0.1) is 5.10 Å². The normalized spacial score (nSPS) is 21.3. The second-order valence-corrected chi connectivity index (χ2v) is 8.34. The van der Waals surface area contributed by atoms with Crippen molar-refractivity contribution in [1.82, 2.24) is 5.32 Å². The molecule has 1 saturated heterocycles. The first-order valence-electron chi connectivity index (χ1n) is 10.3. The van der Waals surface area contributed by atoms with E-state index >= 15 is 0 Å². The minimum atomic E-state index is -0.492. The molecule has 3 rings (SSSR count). The van der Waals surface area contributed by atoms with E-state index in [0.29, 0.717) is 17.5 Å². The Morgan fingerprint density at radius 2 is 1.83 bits per heavy atom. The van der Waals surface area contributed by atoms with Crippen molar-refractivity contribution < 1.29 is 14.3 Å². The second kappa shape index (κ2) is 11.0. The van der Waals surface area contributed by atoms with Gasteiger partial charge in [0.1, 0.15) is 11.0 Å². The number of benzene rings is 1. The molecule has 1 aliphatic heterocycles. The Hall–Kier alpha value is -2.35. The van der Waals surface area contributed by atoms with E-state index in [4.69, 9.17) is 4.74 Å². The van der Waals surface area contributed by atoms with Crippen molar-refractivity contribution in [3.63, 3.8) is 0 Å². The molecule has 1 aromatic rings. The average molecular weight is 417 g/mol. The molecule has 1 heterocycles. The summed E-state index contributed by atoms with van der Waals surface area (Å²) in [6.45, 7) is 2.51. The highest BCUT2D eigenvalue weighted by atomic mass is 32.2. The molecule has 0 bridgehead atoms. The van der Waals surface area contributed by atoms with Crippen LogP contribution in [0.1, 0.15) is 58.3 Å². The fourth-order valence-corrected chi connectivity index (χ4v) is 4.22. The maximum atomic E-state index is 12.3. The third kappa shape index (κ3) is 6.88. The van der Waals surface area contributed by atoms with Gasteiger partial charge in [0.25, 0.3) is 0 Å². The zero-order valence-corrected chi connectivity index (χ0v) is 17.6. The number of nitrogens with one attached hydrogen (secondary N) is 2. The molecule has 2 N–H and O–H groups in total. The fourth-order valence-electron chi connectivity index (χ4n) is 3.30. The van der Waals surface area contributed by atoms with Gasteiger partial charge in [-0.25, -0.2) is 0 Å². The van der Waals surface area contributed by atoms with E-state index in [0.717, 1.165) is 37.1 Å². The van der Waals surface area contributed by atoms with Gasteiger partial charge in [0.15, 0.2) is 5.17 Å². The summed E-state index contributed by atoms with van der Waals surface area (Å²) in [5.41, 5.74) is 1.77. The first kappa shape index (κ1) is 21.4. The Morgan fingerprint density at radius 3 is 2.52 bits per heavy atom. The summed E-state index contributed by atoms with van der Waals surface area (Å²) in [6, 6.07) is 7.16. The van der Waals surface area contributed by atoms with Crippen molar-refractivity contribution in [2.45, 2.75) is 63.5 Å². The Balaban J connectivity index is 1.51. The zero-order chi connectivity index (χ0) is 20.5. The number of hydrogen-bond acceptors (Lipinski definition) is 6. The van der Waals surface area contributed by atoms with E-state index in [1.807, 2.05) is 6.92 Å². The van der Waals surface area contributed by atoms with Crippen LogP contribution in [0.5, 0.6) is 5.75 Å². The standard InChI is InChI=1S/C21H28N4O3S/c1-2-28-17-12-10-15(11-13-17)22-19(26)14-18-20(27)23-21(29-18)25-24-16-8-6-4-3-5-7-9-16/h10-13,18H,2-9,14H2,1H3,(H,22,26)(H,23,25,27). The number of anilines is 1. The molecule has 156 valence electrons. The summed E-state index contributed by atoms with van der Waals surface area (Å²) in [5, 5.41) is 14.1. The van der Waals surface area contributed by atoms with Crippen LogP contribution in [0, 0.1) is 0 Å². The molecule has 0 spiro atoms. The molecule has 1 atom stereocenters. The van der Waals surface area contributed by atoms with Crippen LogP contribution in [-0.2, 0) is 9.59 Å². The number of thioether (sulfide) groups is 1. The van der Waals surface area contributed by atoms with Crippen LogP contribution < -0.4 is 15.4 Å². The summed E-state index contributed by atoms with van der Waals surface area (Å²) >= 11 is 1.27. The first-order chi connectivity index (χ1) is 14.1. The number of amidine groups is 1. The molecule has 7 nitrogen and oxygen atoms in total. The average Bonchev–Trinajstić information content (AvgIpc) is 3.02. The van der Waals surface area contributed by atoms with Crippen LogP contribution in [0.4, 0.5) is 5.69 Å². The van der Waals surface area contributed by atoms with Crippen LogP contribution in [0.15, 0.2) is 34.5 Å². The van der Waals surface area contributed by atoms with Gasteiger partial charge in [0, 0.05) is 17.8 Å². The highest BCUT2D eigenvalue weighted by molar-refractivity contribution is 8.15. The van der Waals surface area contributed by atoms with Crippen molar-refractivity contribution in [3.8, 4) is 5.75 Å². The maximum absolute atomic E-state index is 12.3. The predicted molar refractivity (Wildman–Crippen MR) is 118 cm³/mol. The number of carbonyl (C=O) groups is 2. The molecular formula is C21H28N4O3S. The lowest BCUT2D eigenvalue weighted by atomic mass is 9.99. The molecule has 0 radical (unpaired) electrons. The van der Waals surface area contributed by atoms with Gasteiger partial charge in [-0.1, -0.05) is 31.0 Å². The molecule has 2 aliphatic rings. The van der Waals surface area contributed by atoms with E-state index < -0.39 is 5.25 Å². The highest BCUT2D eigenvalue weighted by Gasteiger charge is 2.32. The van der Waals surface area contributed by atoms with Crippen LogP contribution in [0.3, 0.4) is 0 Å². The Bertz CT molecular complexity index is 767. The fraction of sp³-hybridized carbons (Fsp3) is 0.524. The molecule has 2 fully saturated rings. The van der Waals surface area contributed by atoms with Gasteiger partial charge < -0.3 is 15.4 Å². The van der Waals surface area contributed by atoms with Crippen molar-refractivity contribution in [2.75, 3.05) is 11.9 Å². The largest absolute Gasteiger partial charge is 0.494 e. The van der Waals surface area contributed by atoms with Crippen molar-refractivity contribution in [1.29, 1.82) is 0 Å². The predicted octanol–water partition coefficient (Wildman–Crippen LogP) is 4.10. The molecule has 1 aromatic carbocycles. The van der Waals surface area contributed by atoms with Gasteiger partial charge in [0.05, 0.1) is 6.61 Å². The van der Waals surface area contributed by atoms with Crippen molar-refractivity contribution >= 4 is 40.1 Å². The van der Waals surface area contributed by atoms with Gasteiger partial charge in [0.2, 0.25) is 11.8 Å². The van der Waals surface area contributed by atoms with Gasteiger partial charge in [-0.05, 0) is 56.9 Å². The second-order valence-electron chi connectivity index (χ2n) is 7.14. The Kier molecular flexibility index (Phi) is 8.10. The van der Waals surface area contributed by atoms with E-state index in [9.17, 15) is 9.59 Å². The van der Waals surface area contributed by atoms with Gasteiger partial charge in [-0.3, -0.25) is 9.59 Å². The number of rotatable bonds is 6. The highest BCUT2D eigenvalue weighted by Crippen LogP contribution is 2.24. The molecule has 1 aliphatic carbocycles. The van der Waals surface area contributed by atoms with E-state index in [1.54, 1.807) is 24.3 Å². The zero-order valence-electron chi connectivity index (χ0n) is 16.8. The maximum Gasteiger partial charge on any atom is 0.240 e. The van der Waals surface area contributed by atoms with Gasteiger partial charge >= 0.3 is 0 Å². The molecular weight excluding hydrogens is 388 g/mol.